The first kappa shape index (κ1) is 27.2. The van der Waals surface area contributed by atoms with E-state index in [1.165, 1.54) is 6.07 Å². The maximum Gasteiger partial charge on any atom is 0.228 e. The molecule has 3 aromatic rings. The molecule has 5 rings (SSSR count). The minimum Gasteiger partial charge on any atom is -0.340 e. The summed E-state index contributed by atoms with van der Waals surface area (Å²) in [5.74, 6) is 0.307. The van der Waals surface area contributed by atoms with E-state index in [2.05, 4.69) is 27.2 Å². The van der Waals surface area contributed by atoms with Crippen LogP contribution in [0.1, 0.15) is 57.6 Å². The fourth-order valence-corrected chi connectivity index (χ4v) is 5.94. The summed E-state index contributed by atoms with van der Waals surface area (Å²) in [4.78, 5) is 39.0. The highest BCUT2D eigenvalue weighted by Gasteiger charge is 2.30. The number of anilines is 1. The van der Waals surface area contributed by atoms with Crippen molar-refractivity contribution in [2.75, 3.05) is 38.5 Å². The third-order valence-electron chi connectivity index (χ3n) is 8.33. The zero-order valence-corrected chi connectivity index (χ0v) is 23.4. The quantitative estimate of drug-likeness (QED) is 0.479. The molecule has 39 heavy (non-hydrogen) atoms. The van der Waals surface area contributed by atoms with Crippen LogP contribution in [0.5, 0.6) is 0 Å². The van der Waals surface area contributed by atoms with Gasteiger partial charge in [-0.25, -0.2) is 14.4 Å². The van der Waals surface area contributed by atoms with Crippen molar-refractivity contribution < 1.29 is 14.0 Å². The lowest BCUT2D eigenvalue weighted by Gasteiger charge is -2.34. The SMILES string of the molecule is Cc1cnc(NC(=O)[C@H]2CCC[C@@H](CC(=O)N3CCN(C)CC3)C2)cc1-c1cc(F)c2ncn(C(C)C)c2c1. The summed E-state index contributed by atoms with van der Waals surface area (Å²) in [5, 5.41) is 3.01. The monoisotopic (exact) mass is 534 g/mol. The summed E-state index contributed by atoms with van der Waals surface area (Å²) < 4.78 is 16.9. The molecule has 1 aliphatic carbocycles. The molecule has 3 heterocycles. The zero-order chi connectivity index (χ0) is 27.7. The van der Waals surface area contributed by atoms with Gasteiger partial charge in [-0.3, -0.25) is 9.59 Å². The molecular weight excluding hydrogens is 495 g/mol. The molecule has 9 heteroatoms. The van der Waals surface area contributed by atoms with E-state index in [1.807, 2.05) is 42.4 Å². The van der Waals surface area contributed by atoms with Gasteiger partial charge in [0, 0.05) is 50.8 Å². The lowest BCUT2D eigenvalue weighted by atomic mass is 9.79. The highest BCUT2D eigenvalue weighted by molar-refractivity contribution is 5.93. The largest absolute Gasteiger partial charge is 0.340 e. The van der Waals surface area contributed by atoms with Crippen molar-refractivity contribution >= 4 is 28.7 Å². The van der Waals surface area contributed by atoms with E-state index >= 15 is 0 Å². The van der Waals surface area contributed by atoms with E-state index in [4.69, 9.17) is 0 Å². The number of hydrogen-bond donors (Lipinski definition) is 1. The number of halogens is 1. The molecule has 208 valence electrons. The summed E-state index contributed by atoms with van der Waals surface area (Å²) in [6.07, 6.45) is 7.34. The van der Waals surface area contributed by atoms with Gasteiger partial charge in [-0.15, -0.1) is 0 Å². The summed E-state index contributed by atoms with van der Waals surface area (Å²) in [5.41, 5.74) is 3.52. The highest BCUT2D eigenvalue weighted by Crippen LogP contribution is 2.34. The van der Waals surface area contributed by atoms with Crippen molar-refractivity contribution in [2.45, 2.75) is 58.9 Å². The maximum absolute atomic E-state index is 15.0. The Labute approximate surface area is 229 Å². The van der Waals surface area contributed by atoms with Gasteiger partial charge in [0.1, 0.15) is 11.3 Å². The normalized spacial score (nSPS) is 20.5. The van der Waals surface area contributed by atoms with Crippen molar-refractivity contribution in [3.05, 3.63) is 42.1 Å². The third-order valence-corrected chi connectivity index (χ3v) is 8.33. The van der Waals surface area contributed by atoms with E-state index in [9.17, 15) is 14.0 Å². The second-order valence-electron chi connectivity index (χ2n) is 11.6. The van der Waals surface area contributed by atoms with Gasteiger partial charge < -0.3 is 19.7 Å². The lowest BCUT2D eigenvalue weighted by molar-refractivity contribution is -0.134. The first-order chi connectivity index (χ1) is 18.7. The molecule has 1 saturated carbocycles. The summed E-state index contributed by atoms with van der Waals surface area (Å²) in [7, 11) is 2.08. The first-order valence-corrected chi connectivity index (χ1v) is 14.1. The topological polar surface area (TPSA) is 83.4 Å². The van der Waals surface area contributed by atoms with Crippen LogP contribution in [0.3, 0.4) is 0 Å². The molecule has 2 aliphatic rings. The summed E-state index contributed by atoms with van der Waals surface area (Å²) >= 11 is 0. The van der Waals surface area contributed by atoms with Gasteiger partial charge in [-0.05, 0) is 87.9 Å². The van der Waals surface area contributed by atoms with E-state index in [0.717, 1.165) is 67.6 Å². The number of imidazole rings is 1. The molecule has 8 nitrogen and oxygen atoms in total. The van der Waals surface area contributed by atoms with Gasteiger partial charge in [0.05, 0.1) is 11.8 Å². The molecule has 1 N–H and O–H groups in total. The van der Waals surface area contributed by atoms with Gasteiger partial charge in [0.25, 0.3) is 0 Å². The Bertz CT molecular complexity index is 1360. The van der Waals surface area contributed by atoms with Crippen LogP contribution in [0.2, 0.25) is 0 Å². The second-order valence-corrected chi connectivity index (χ2v) is 11.6. The van der Waals surface area contributed by atoms with Crippen LogP contribution in [0.4, 0.5) is 10.2 Å². The van der Waals surface area contributed by atoms with Crippen molar-refractivity contribution in [1.82, 2.24) is 24.3 Å². The molecule has 1 saturated heterocycles. The molecule has 2 amide bonds. The van der Waals surface area contributed by atoms with Gasteiger partial charge in [0.15, 0.2) is 5.82 Å². The maximum atomic E-state index is 15.0. The molecule has 2 aromatic heterocycles. The number of pyridine rings is 1. The van der Waals surface area contributed by atoms with Gasteiger partial charge in [0.2, 0.25) is 11.8 Å². The molecule has 0 bridgehead atoms. The number of nitrogens with zero attached hydrogens (tertiary/aromatic N) is 5. The van der Waals surface area contributed by atoms with Crippen molar-refractivity contribution in [3.8, 4) is 11.1 Å². The number of benzene rings is 1. The number of aromatic nitrogens is 3. The predicted octanol–water partition coefficient (Wildman–Crippen LogP) is 5.04. The number of nitrogens with one attached hydrogen (secondary N) is 1. The van der Waals surface area contributed by atoms with Gasteiger partial charge in [-0.2, -0.15) is 0 Å². The molecule has 1 aromatic carbocycles. The second kappa shape index (κ2) is 11.4. The molecule has 1 aliphatic heterocycles. The first-order valence-electron chi connectivity index (χ1n) is 14.1. The standard InChI is InChI=1S/C30H39FN6O2/c1-19(2)37-18-33-29-25(31)14-23(15-26(29)37)24-16-27(32-17-20(24)3)34-30(39)22-7-5-6-21(12-22)13-28(38)36-10-8-35(4)9-11-36/h14-19,21-22H,5-13H2,1-4H3,(H,32,34,39)/t21-,22+/m1/s1. The Kier molecular flexibility index (Phi) is 7.98. The highest BCUT2D eigenvalue weighted by atomic mass is 19.1. The fourth-order valence-electron chi connectivity index (χ4n) is 5.94. The van der Waals surface area contributed by atoms with E-state index in [-0.39, 0.29) is 35.5 Å². The molecule has 2 atom stereocenters. The molecule has 0 spiro atoms. The van der Waals surface area contributed by atoms with E-state index in [1.54, 1.807) is 12.5 Å². The summed E-state index contributed by atoms with van der Waals surface area (Å²) in [6, 6.07) is 5.41. The predicted molar refractivity (Wildman–Crippen MR) is 151 cm³/mol. The smallest absolute Gasteiger partial charge is 0.228 e. The Hall–Kier alpha value is -3.33. The number of piperazine rings is 1. The van der Waals surface area contributed by atoms with Crippen molar-refractivity contribution in [1.29, 1.82) is 0 Å². The van der Waals surface area contributed by atoms with Gasteiger partial charge in [-0.1, -0.05) is 6.42 Å². The Morgan fingerprint density at radius 3 is 2.62 bits per heavy atom. The Balaban J connectivity index is 1.27. The Morgan fingerprint density at radius 2 is 1.87 bits per heavy atom. The van der Waals surface area contributed by atoms with Crippen LogP contribution >= 0.6 is 0 Å². The number of aryl methyl sites for hydroxylation is 1. The zero-order valence-electron chi connectivity index (χ0n) is 23.4. The number of carbonyl (C=O) groups excluding carboxylic acids is 2. The van der Waals surface area contributed by atoms with Crippen LogP contribution in [0, 0.1) is 24.6 Å². The minimum atomic E-state index is -0.372. The van der Waals surface area contributed by atoms with Crippen molar-refractivity contribution in [3.63, 3.8) is 0 Å². The van der Waals surface area contributed by atoms with E-state index in [0.29, 0.717) is 24.2 Å². The van der Waals surface area contributed by atoms with Crippen LogP contribution in [0.25, 0.3) is 22.2 Å². The van der Waals surface area contributed by atoms with Crippen LogP contribution in [-0.4, -0.2) is 69.4 Å². The minimum absolute atomic E-state index is 0.0615. The van der Waals surface area contributed by atoms with Crippen LogP contribution in [-0.2, 0) is 9.59 Å². The lowest BCUT2D eigenvalue weighted by Crippen LogP contribution is -2.47. The van der Waals surface area contributed by atoms with Gasteiger partial charge >= 0.3 is 0 Å². The number of hydrogen-bond acceptors (Lipinski definition) is 5. The van der Waals surface area contributed by atoms with Crippen molar-refractivity contribution in [2.24, 2.45) is 11.8 Å². The summed E-state index contributed by atoms with van der Waals surface area (Å²) in [6.45, 7) is 9.39. The molecule has 0 unspecified atom stereocenters. The average Bonchev–Trinajstić information content (AvgIpc) is 3.35. The van der Waals surface area contributed by atoms with Crippen LogP contribution < -0.4 is 5.32 Å². The number of amides is 2. The third kappa shape index (κ3) is 5.98. The molecular formula is C30H39FN6O2. The Morgan fingerprint density at radius 1 is 1.10 bits per heavy atom. The molecule has 0 radical (unpaired) electrons. The number of likely N-dealkylation sites (N-methyl/N-ethyl adjacent to an activating group) is 1. The average molecular weight is 535 g/mol. The van der Waals surface area contributed by atoms with E-state index < -0.39 is 0 Å². The number of fused-ring (bicyclic) bond motifs is 1. The molecule has 2 fully saturated rings. The van der Waals surface area contributed by atoms with Crippen LogP contribution in [0.15, 0.2) is 30.7 Å². The number of rotatable bonds is 6. The number of carbonyl (C=O) groups is 2. The fraction of sp³-hybridized carbons (Fsp3) is 0.533.